The molecule has 5 nitrogen and oxygen atoms in total. The van der Waals surface area contributed by atoms with Gasteiger partial charge in [0, 0.05) is 6.54 Å². The van der Waals surface area contributed by atoms with Crippen LogP contribution in [0.1, 0.15) is 32.8 Å². The van der Waals surface area contributed by atoms with E-state index in [0.29, 0.717) is 40.6 Å². The molecule has 158 valence electrons. The van der Waals surface area contributed by atoms with E-state index in [1.165, 1.54) is 11.8 Å². The Morgan fingerprint density at radius 3 is 2.57 bits per heavy atom. The van der Waals surface area contributed by atoms with Gasteiger partial charge in [-0.15, -0.1) is 0 Å². The molecular weight excluding hydrogens is 396 g/mol. The van der Waals surface area contributed by atoms with Crippen LogP contribution in [0.15, 0.2) is 58.4 Å². The number of carbonyl (C=O) groups is 1. The van der Waals surface area contributed by atoms with Crippen molar-refractivity contribution in [2.45, 2.75) is 27.2 Å². The summed E-state index contributed by atoms with van der Waals surface area (Å²) >= 11 is 1.40. The van der Waals surface area contributed by atoms with Crippen molar-refractivity contribution in [1.82, 2.24) is 4.90 Å². The van der Waals surface area contributed by atoms with E-state index in [0.717, 1.165) is 17.7 Å². The predicted octanol–water partition coefficient (Wildman–Crippen LogP) is 5.74. The molecule has 0 saturated carbocycles. The number of methoxy groups -OCH3 is 1. The maximum Gasteiger partial charge on any atom is 0.266 e. The molecule has 1 saturated heterocycles. The van der Waals surface area contributed by atoms with Crippen molar-refractivity contribution in [1.29, 1.82) is 0 Å². The van der Waals surface area contributed by atoms with Gasteiger partial charge in [0.05, 0.1) is 24.3 Å². The third kappa shape index (κ3) is 5.45. The fourth-order valence-electron chi connectivity index (χ4n) is 2.93. The fourth-order valence-corrected chi connectivity index (χ4v) is 3.95. The van der Waals surface area contributed by atoms with E-state index in [1.807, 2.05) is 54.6 Å². The number of thioether (sulfide) groups is 1. The lowest BCUT2D eigenvalue weighted by Gasteiger charge is -2.14. The number of amidine groups is 1. The maximum absolute atomic E-state index is 13.0. The third-order valence-corrected chi connectivity index (χ3v) is 5.38. The van der Waals surface area contributed by atoms with Crippen molar-refractivity contribution < 1.29 is 14.3 Å². The predicted molar refractivity (Wildman–Crippen MR) is 124 cm³/mol. The summed E-state index contributed by atoms with van der Waals surface area (Å²) in [7, 11) is 1.62. The number of nitrogens with zero attached hydrogens (tertiary/aromatic N) is 2. The number of para-hydroxylation sites is 1. The van der Waals surface area contributed by atoms with Crippen LogP contribution in [-0.2, 0) is 4.79 Å². The normalized spacial score (nSPS) is 16.7. The summed E-state index contributed by atoms with van der Waals surface area (Å²) in [5.74, 6) is 1.77. The molecule has 1 aliphatic rings. The van der Waals surface area contributed by atoms with Gasteiger partial charge in [-0.05, 0) is 60.0 Å². The first-order valence-electron chi connectivity index (χ1n) is 10.2. The molecular formula is C24H28N2O3S. The van der Waals surface area contributed by atoms with Crippen LogP contribution in [0.3, 0.4) is 0 Å². The molecule has 1 amide bonds. The Morgan fingerprint density at radius 1 is 1.13 bits per heavy atom. The van der Waals surface area contributed by atoms with Crippen LogP contribution in [0.4, 0.5) is 5.69 Å². The molecule has 0 aromatic heterocycles. The zero-order chi connectivity index (χ0) is 21.5. The molecule has 1 fully saturated rings. The number of rotatable bonds is 8. The summed E-state index contributed by atoms with van der Waals surface area (Å²) in [6.07, 6.45) is 2.75. The van der Waals surface area contributed by atoms with Crippen LogP contribution in [-0.4, -0.2) is 36.2 Å². The minimum absolute atomic E-state index is 0.0179. The number of benzene rings is 2. The second kappa shape index (κ2) is 10.3. The Balaban J connectivity index is 1.87. The van der Waals surface area contributed by atoms with Crippen LogP contribution in [0.2, 0.25) is 0 Å². The van der Waals surface area contributed by atoms with E-state index in [-0.39, 0.29) is 5.91 Å². The topological polar surface area (TPSA) is 51.1 Å². The van der Waals surface area contributed by atoms with E-state index in [2.05, 4.69) is 25.8 Å². The fraction of sp³-hybridized carbons (Fsp3) is 0.333. The summed E-state index contributed by atoms with van der Waals surface area (Å²) in [6, 6.07) is 15.4. The van der Waals surface area contributed by atoms with Crippen LogP contribution in [0.25, 0.3) is 6.08 Å². The van der Waals surface area contributed by atoms with Gasteiger partial charge in [-0.25, -0.2) is 4.99 Å². The lowest BCUT2D eigenvalue weighted by atomic mass is 10.1. The van der Waals surface area contributed by atoms with Crippen LogP contribution in [0.5, 0.6) is 11.5 Å². The van der Waals surface area contributed by atoms with Crippen LogP contribution < -0.4 is 9.47 Å². The van der Waals surface area contributed by atoms with Crippen molar-refractivity contribution in [2.24, 2.45) is 10.9 Å². The van der Waals surface area contributed by atoms with Gasteiger partial charge in [-0.3, -0.25) is 9.69 Å². The first kappa shape index (κ1) is 22.0. The molecule has 0 atom stereocenters. The number of ether oxygens (including phenoxy) is 2. The number of amides is 1. The van der Waals surface area contributed by atoms with E-state index in [1.54, 1.807) is 12.0 Å². The maximum atomic E-state index is 13.0. The van der Waals surface area contributed by atoms with Gasteiger partial charge in [0.2, 0.25) is 0 Å². The SMILES string of the molecule is CCCN1C(=O)/C(=C\c2ccc(OCC(C)C)c(OC)c2)SC1=Nc1ccccc1. The highest BCUT2D eigenvalue weighted by Crippen LogP contribution is 2.36. The molecule has 0 bridgehead atoms. The van der Waals surface area contributed by atoms with Crippen molar-refractivity contribution in [3.05, 3.63) is 59.0 Å². The van der Waals surface area contributed by atoms with Gasteiger partial charge in [0.25, 0.3) is 5.91 Å². The Bertz CT molecular complexity index is 939. The average molecular weight is 425 g/mol. The Kier molecular flexibility index (Phi) is 7.57. The van der Waals surface area contributed by atoms with Gasteiger partial charge < -0.3 is 9.47 Å². The number of hydrogen-bond donors (Lipinski definition) is 0. The summed E-state index contributed by atoms with van der Waals surface area (Å²) in [5, 5.41) is 0.711. The molecule has 2 aromatic carbocycles. The molecule has 30 heavy (non-hydrogen) atoms. The number of carbonyl (C=O) groups excluding carboxylic acids is 1. The second-order valence-electron chi connectivity index (χ2n) is 7.41. The summed E-state index contributed by atoms with van der Waals surface area (Å²) in [5.41, 5.74) is 1.72. The molecule has 1 heterocycles. The first-order chi connectivity index (χ1) is 14.5. The highest BCUT2D eigenvalue weighted by molar-refractivity contribution is 8.18. The summed E-state index contributed by atoms with van der Waals surface area (Å²) in [6.45, 7) is 7.52. The van der Waals surface area contributed by atoms with Gasteiger partial charge in [-0.1, -0.05) is 45.0 Å². The summed E-state index contributed by atoms with van der Waals surface area (Å²) < 4.78 is 11.3. The molecule has 1 aliphatic heterocycles. The lowest BCUT2D eigenvalue weighted by Crippen LogP contribution is -2.29. The van der Waals surface area contributed by atoms with Crippen LogP contribution >= 0.6 is 11.8 Å². The first-order valence-corrected chi connectivity index (χ1v) is 11.0. The standard InChI is InChI=1S/C24H28N2O3S/c1-5-13-26-23(27)22(30-24(26)25-19-9-7-6-8-10-19)15-18-11-12-20(21(14-18)28-4)29-16-17(2)3/h6-12,14-15,17H,5,13,16H2,1-4H3/b22-15+,25-24?. The third-order valence-electron chi connectivity index (χ3n) is 4.37. The quantitative estimate of drug-likeness (QED) is 0.507. The number of aliphatic imine (C=N–C) groups is 1. The molecule has 0 spiro atoms. The minimum Gasteiger partial charge on any atom is -0.493 e. The van der Waals surface area contributed by atoms with Gasteiger partial charge in [0.1, 0.15) is 0 Å². The zero-order valence-electron chi connectivity index (χ0n) is 17.9. The monoisotopic (exact) mass is 424 g/mol. The van der Waals surface area contributed by atoms with E-state index >= 15 is 0 Å². The van der Waals surface area contributed by atoms with Crippen LogP contribution in [0, 0.1) is 5.92 Å². The molecule has 3 rings (SSSR count). The summed E-state index contributed by atoms with van der Waals surface area (Å²) in [4.78, 5) is 20.1. The Labute approximate surface area is 182 Å². The highest BCUT2D eigenvalue weighted by atomic mass is 32.2. The van der Waals surface area contributed by atoms with E-state index in [9.17, 15) is 4.79 Å². The zero-order valence-corrected chi connectivity index (χ0v) is 18.7. The van der Waals surface area contributed by atoms with E-state index in [4.69, 9.17) is 9.47 Å². The molecule has 0 N–H and O–H groups in total. The highest BCUT2D eigenvalue weighted by Gasteiger charge is 2.32. The van der Waals surface area contributed by atoms with Crippen molar-refractivity contribution in [3.8, 4) is 11.5 Å². The lowest BCUT2D eigenvalue weighted by molar-refractivity contribution is -0.122. The van der Waals surface area contributed by atoms with Crippen molar-refractivity contribution in [3.63, 3.8) is 0 Å². The molecule has 0 aliphatic carbocycles. The molecule has 6 heteroatoms. The van der Waals surface area contributed by atoms with Crippen molar-refractivity contribution in [2.75, 3.05) is 20.3 Å². The van der Waals surface area contributed by atoms with Gasteiger partial charge in [0.15, 0.2) is 16.7 Å². The minimum atomic E-state index is -0.0179. The number of hydrogen-bond acceptors (Lipinski definition) is 5. The van der Waals surface area contributed by atoms with E-state index < -0.39 is 0 Å². The average Bonchev–Trinajstić information content (AvgIpc) is 3.02. The molecule has 2 aromatic rings. The van der Waals surface area contributed by atoms with Gasteiger partial charge >= 0.3 is 0 Å². The molecule has 0 unspecified atom stereocenters. The largest absolute Gasteiger partial charge is 0.493 e. The molecule has 0 radical (unpaired) electrons. The second-order valence-corrected chi connectivity index (χ2v) is 8.42. The smallest absolute Gasteiger partial charge is 0.266 e. The van der Waals surface area contributed by atoms with Crippen molar-refractivity contribution >= 4 is 34.6 Å². The van der Waals surface area contributed by atoms with Gasteiger partial charge in [-0.2, -0.15) is 0 Å². The Morgan fingerprint density at radius 2 is 1.90 bits per heavy atom. The Hall–Kier alpha value is -2.73.